The first-order valence-corrected chi connectivity index (χ1v) is 9.64. The fourth-order valence-corrected chi connectivity index (χ4v) is 2.73. The molecule has 0 aliphatic heterocycles. The van der Waals surface area contributed by atoms with E-state index in [-0.39, 0.29) is 5.91 Å². The van der Waals surface area contributed by atoms with Crippen molar-refractivity contribution in [2.75, 3.05) is 39.2 Å². The molecule has 2 rings (SSSR count). The maximum absolute atomic E-state index is 11.2. The average molecular weight is 399 g/mol. The zero-order valence-corrected chi connectivity index (χ0v) is 17.6. The molecule has 0 aliphatic carbocycles. The van der Waals surface area contributed by atoms with E-state index < -0.39 is 0 Å². The minimum atomic E-state index is -0.109. The third kappa shape index (κ3) is 7.73. The minimum Gasteiger partial charge on any atom is -0.497 e. The highest BCUT2D eigenvalue weighted by Gasteiger charge is 2.07. The van der Waals surface area contributed by atoms with E-state index in [1.807, 2.05) is 56.4 Å². The molecule has 0 saturated carbocycles. The molecule has 0 atom stereocenters. The lowest BCUT2D eigenvalue weighted by Crippen LogP contribution is -2.38. The number of amides is 1. The zero-order valence-electron chi connectivity index (χ0n) is 17.6. The third-order valence-electron chi connectivity index (χ3n) is 4.05. The summed E-state index contributed by atoms with van der Waals surface area (Å²) in [5.74, 6) is 2.25. The smallest absolute Gasteiger partial charge is 0.221 e. The Morgan fingerprint density at radius 2 is 1.90 bits per heavy atom. The normalized spacial score (nSPS) is 11.0. The van der Waals surface area contributed by atoms with Crippen LogP contribution in [0.4, 0.5) is 5.69 Å². The molecule has 0 spiro atoms. The van der Waals surface area contributed by atoms with Crippen molar-refractivity contribution in [3.05, 3.63) is 54.1 Å². The van der Waals surface area contributed by atoms with Crippen LogP contribution in [-0.2, 0) is 11.3 Å². The third-order valence-corrected chi connectivity index (χ3v) is 4.05. The van der Waals surface area contributed by atoms with Crippen molar-refractivity contribution < 1.29 is 14.3 Å². The Balaban J connectivity index is 1.89. The Labute approximate surface area is 172 Å². The quantitative estimate of drug-likeness (QED) is 0.386. The Morgan fingerprint density at radius 1 is 1.14 bits per heavy atom. The highest BCUT2D eigenvalue weighted by Crippen LogP contribution is 2.17. The van der Waals surface area contributed by atoms with Crippen molar-refractivity contribution in [1.29, 1.82) is 0 Å². The second kappa shape index (κ2) is 11.6. The van der Waals surface area contributed by atoms with Crippen LogP contribution in [0, 0.1) is 0 Å². The number of aliphatic imine (C=N–C) groups is 1. The summed E-state index contributed by atoms with van der Waals surface area (Å²) in [5, 5.41) is 6.05. The van der Waals surface area contributed by atoms with Gasteiger partial charge in [0.1, 0.15) is 18.1 Å². The molecule has 0 heterocycles. The Morgan fingerprint density at radius 3 is 2.55 bits per heavy atom. The summed E-state index contributed by atoms with van der Waals surface area (Å²) in [6.07, 6.45) is 0. The molecule has 7 heteroatoms. The Hall–Kier alpha value is -3.22. The molecular weight excluding hydrogens is 368 g/mol. The van der Waals surface area contributed by atoms with Crippen molar-refractivity contribution in [1.82, 2.24) is 10.2 Å². The second-order valence-electron chi connectivity index (χ2n) is 6.50. The number of hydrogen-bond donors (Lipinski definition) is 2. The lowest BCUT2D eigenvalue weighted by Gasteiger charge is -2.22. The van der Waals surface area contributed by atoms with E-state index in [4.69, 9.17) is 9.47 Å². The first-order valence-electron chi connectivity index (χ1n) is 9.64. The number of benzene rings is 2. The van der Waals surface area contributed by atoms with E-state index in [0.717, 1.165) is 24.8 Å². The molecule has 0 fully saturated rings. The van der Waals surface area contributed by atoms with Crippen molar-refractivity contribution >= 4 is 17.6 Å². The number of carbonyl (C=O) groups is 1. The molecule has 0 radical (unpaired) electrons. The predicted octanol–water partition coefficient (Wildman–Crippen LogP) is 3.13. The number of hydrogen-bond acceptors (Lipinski definition) is 4. The van der Waals surface area contributed by atoms with Gasteiger partial charge in [-0.3, -0.25) is 4.79 Å². The minimum absolute atomic E-state index is 0.109. The predicted molar refractivity (Wildman–Crippen MR) is 117 cm³/mol. The molecule has 29 heavy (non-hydrogen) atoms. The van der Waals surface area contributed by atoms with Gasteiger partial charge in [0.15, 0.2) is 5.96 Å². The van der Waals surface area contributed by atoms with Crippen molar-refractivity contribution in [2.24, 2.45) is 4.99 Å². The highest BCUT2D eigenvalue weighted by atomic mass is 16.5. The van der Waals surface area contributed by atoms with E-state index >= 15 is 0 Å². The van der Waals surface area contributed by atoms with Crippen molar-refractivity contribution in [3.63, 3.8) is 0 Å². The van der Waals surface area contributed by atoms with Crippen molar-refractivity contribution in [3.8, 4) is 11.5 Å². The van der Waals surface area contributed by atoms with Crippen LogP contribution in [0.25, 0.3) is 0 Å². The maximum Gasteiger partial charge on any atom is 0.221 e. The molecule has 0 aliphatic rings. The van der Waals surface area contributed by atoms with Gasteiger partial charge in [-0.05, 0) is 36.8 Å². The standard InChI is InChI=1S/C22H30N4O3/c1-5-23-22(26(3)16-18-9-11-20(28-4)12-10-18)24-13-14-29-21-8-6-7-19(15-21)25-17(2)27/h6-12,15H,5,13-14,16H2,1-4H3,(H,23,24)(H,25,27). The summed E-state index contributed by atoms with van der Waals surface area (Å²) >= 11 is 0. The number of nitrogens with one attached hydrogen (secondary N) is 2. The SMILES string of the molecule is CCNC(=NCCOc1cccc(NC(C)=O)c1)N(C)Cc1ccc(OC)cc1. The zero-order chi connectivity index (χ0) is 21.1. The largest absolute Gasteiger partial charge is 0.497 e. The van der Waals surface area contributed by atoms with E-state index in [9.17, 15) is 4.79 Å². The number of anilines is 1. The van der Waals surface area contributed by atoms with Gasteiger partial charge in [0.05, 0.1) is 13.7 Å². The molecule has 0 aromatic heterocycles. The van der Waals surface area contributed by atoms with Gasteiger partial charge in [0, 0.05) is 38.8 Å². The van der Waals surface area contributed by atoms with Gasteiger partial charge in [0.2, 0.25) is 5.91 Å². The maximum atomic E-state index is 11.2. The summed E-state index contributed by atoms with van der Waals surface area (Å²) in [5.41, 5.74) is 1.89. The first-order chi connectivity index (χ1) is 14.0. The van der Waals surface area contributed by atoms with Crippen LogP contribution in [0.3, 0.4) is 0 Å². The summed E-state index contributed by atoms with van der Waals surface area (Å²) in [4.78, 5) is 17.9. The van der Waals surface area contributed by atoms with Crippen LogP contribution in [-0.4, -0.2) is 50.6 Å². The number of rotatable bonds is 9. The summed E-state index contributed by atoms with van der Waals surface area (Å²) in [6, 6.07) is 15.3. The van der Waals surface area contributed by atoms with Crippen LogP contribution in [0.5, 0.6) is 11.5 Å². The molecule has 2 N–H and O–H groups in total. The van der Waals surface area contributed by atoms with E-state index in [1.165, 1.54) is 12.5 Å². The lowest BCUT2D eigenvalue weighted by molar-refractivity contribution is -0.114. The van der Waals surface area contributed by atoms with Crippen LogP contribution in [0.2, 0.25) is 0 Å². The average Bonchev–Trinajstić information content (AvgIpc) is 2.70. The Kier molecular flexibility index (Phi) is 8.82. The molecule has 7 nitrogen and oxygen atoms in total. The van der Waals surface area contributed by atoms with Gasteiger partial charge in [-0.15, -0.1) is 0 Å². The number of methoxy groups -OCH3 is 1. The van der Waals surface area contributed by atoms with Gasteiger partial charge >= 0.3 is 0 Å². The van der Waals surface area contributed by atoms with E-state index in [1.54, 1.807) is 13.2 Å². The van der Waals surface area contributed by atoms with Crippen LogP contribution in [0.1, 0.15) is 19.4 Å². The van der Waals surface area contributed by atoms with Gasteiger partial charge in [-0.2, -0.15) is 0 Å². The van der Waals surface area contributed by atoms with Crippen LogP contribution >= 0.6 is 0 Å². The fourth-order valence-electron chi connectivity index (χ4n) is 2.73. The van der Waals surface area contributed by atoms with E-state index in [2.05, 4.69) is 20.5 Å². The molecule has 0 saturated heterocycles. The lowest BCUT2D eigenvalue weighted by atomic mass is 10.2. The topological polar surface area (TPSA) is 75.2 Å². The van der Waals surface area contributed by atoms with Crippen LogP contribution < -0.4 is 20.1 Å². The van der Waals surface area contributed by atoms with Gasteiger partial charge in [-0.1, -0.05) is 18.2 Å². The number of nitrogens with zero attached hydrogens (tertiary/aromatic N) is 2. The summed E-state index contributed by atoms with van der Waals surface area (Å²) < 4.78 is 11.0. The molecule has 1 amide bonds. The molecular formula is C22H30N4O3. The number of carbonyl (C=O) groups excluding carboxylic acids is 1. The number of guanidine groups is 1. The molecule has 0 unspecified atom stereocenters. The molecule has 156 valence electrons. The number of ether oxygens (including phenoxy) is 2. The van der Waals surface area contributed by atoms with E-state index in [0.29, 0.717) is 24.6 Å². The Bertz CT molecular complexity index is 806. The second-order valence-corrected chi connectivity index (χ2v) is 6.50. The molecule has 2 aromatic carbocycles. The van der Waals surface area contributed by atoms with Crippen molar-refractivity contribution in [2.45, 2.75) is 20.4 Å². The summed E-state index contributed by atoms with van der Waals surface area (Å²) in [6.45, 7) is 5.99. The van der Waals surface area contributed by atoms with Gasteiger partial charge < -0.3 is 25.0 Å². The molecule has 0 bridgehead atoms. The van der Waals surface area contributed by atoms with Crippen LogP contribution in [0.15, 0.2) is 53.5 Å². The highest BCUT2D eigenvalue weighted by molar-refractivity contribution is 5.88. The first kappa shape index (κ1) is 22.1. The monoisotopic (exact) mass is 398 g/mol. The van der Waals surface area contributed by atoms with Gasteiger partial charge in [0.25, 0.3) is 0 Å². The molecule has 2 aromatic rings. The van der Waals surface area contributed by atoms with Gasteiger partial charge in [-0.25, -0.2) is 4.99 Å². The summed E-state index contributed by atoms with van der Waals surface area (Å²) in [7, 11) is 3.67. The fraction of sp³-hybridized carbons (Fsp3) is 0.364.